The Morgan fingerprint density at radius 3 is 2.28 bits per heavy atom. The number of quaternary nitrogens is 1. The standard InChI is InChI=1S/C17H27NO6S/c1-11-7-6-8-18(11,16(23)24-17(3,4)5)15(22)13(9-14(20)21)10-25-12(2)19/h11,13H,6-10H2,1-5H3/p+1/t11-,13?,18?/m1/s1. The SMILES string of the molecule is CC(=O)SCC(CC(=O)O)C(=O)[N+]1(C(=O)OC(C)(C)C)CCC[C@H]1C. The molecule has 0 spiro atoms. The Balaban J connectivity index is 3.18. The van der Waals surface area contributed by atoms with E-state index in [1.807, 2.05) is 6.92 Å². The summed E-state index contributed by atoms with van der Waals surface area (Å²) in [5.74, 6) is -2.46. The third-order valence-corrected chi connectivity index (χ3v) is 5.23. The summed E-state index contributed by atoms with van der Waals surface area (Å²) in [6.45, 7) is 8.66. The highest BCUT2D eigenvalue weighted by molar-refractivity contribution is 8.13. The Labute approximate surface area is 152 Å². The number of rotatable bonds is 5. The lowest BCUT2D eigenvalue weighted by Gasteiger charge is -2.36. The third-order valence-electron chi connectivity index (χ3n) is 4.26. The lowest BCUT2D eigenvalue weighted by molar-refractivity contribution is -0.795. The first-order chi connectivity index (χ1) is 11.4. The van der Waals surface area contributed by atoms with Crippen molar-refractivity contribution >= 4 is 34.8 Å². The van der Waals surface area contributed by atoms with Crippen LogP contribution in [0.5, 0.6) is 0 Å². The van der Waals surface area contributed by atoms with Crippen LogP contribution in [-0.4, -0.2) is 56.6 Å². The second-order valence-corrected chi connectivity index (χ2v) is 8.70. The van der Waals surface area contributed by atoms with Gasteiger partial charge >= 0.3 is 18.0 Å². The molecule has 1 aliphatic rings. The van der Waals surface area contributed by atoms with E-state index in [2.05, 4.69) is 0 Å². The molecule has 1 fully saturated rings. The molecule has 0 aliphatic carbocycles. The van der Waals surface area contributed by atoms with Crippen LogP contribution in [0.15, 0.2) is 0 Å². The van der Waals surface area contributed by atoms with Gasteiger partial charge in [-0.05, 0) is 27.7 Å². The average Bonchev–Trinajstić information content (AvgIpc) is 2.83. The number of carbonyl (C=O) groups is 4. The quantitative estimate of drug-likeness (QED) is 0.739. The van der Waals surface area contributed by atoms with Crippen LogP contribution in [0.3, 0.4) is 0 Å². The number of carboxylic acids is 1. The Hall–Kier alpha value is -1.41. The van der Waals surface area contributed by atoms with E-state index in [9.17, 15) is 19.2 Å². The van der Waals surface area contributed by atoms with Gasteiger partial charge in [-0.1, -0.05) is 11.8 Å². The van der Waals surface area contributed by atoms with E-state index in [4.69, 9.17) is 9.84 Å². The van der Waals surface area contributed by atoms with E-state index in [0.717, 1.165) is 11.8 Å². The molecule has 1 rings (SSSR count). The number of amides is 2. The summed E-state index contributed by atoms with van der Waals surface area (Å²) in [5, 5.41) is 8.95. The van der Waals surface area contributed by atoms with Gasteiger partial charge in [0.2, 0.25) is 0 Å². The number of thioether (sulfide) groups is 1. The van der Waals surface area contributed by atoms with Gasteiger partial charge in [-0.25, -0.2) is 4.79 Å². The molecule has 1 aliphatic heterocycles. The molecule has 0 bridgehead atoms. The zero-order chi connectivity index (χ0) is 19.4. The summed E-state index contributed by atoms with van der Waals surface area (Å²) in [6.07, 6.45) is 0.330. The van der Waals surface area contributed by atoms with Crippen molar-refractivity contribution in [2.45, 2.75) is 65.5 Å². The zero-order valence-corrected chi connectivity index (χ0v) is 16.4. The van der Waals surface area contributed by atoms with Crippen LogP contribution in [0, 0.1) is 5.92 Å². The van der Waals surface area contributed by atoms with Crippen molar-refractivity contribution in [2.24, 2.45) is 5.92 Å². The van der Waals surface area contributed by atoms with E-state index in [1.54, 1.807) is 20.8 Å². The molecule has 0 aromatic carbocycles. The van der Waals surface area contributed by atoms with Gasteiger partial charge in [0.05, 0.1) is 18.9 Å². The highest BCUT2D eigenvalue weighted by Crippen LogP contribution is 2.34. The van der Waals surface area contributed by atoms with Crippen LogP contribution >= 0.6 is 11.8 Å². The molecule has 1 saturated heterocycles. The molecule has 142 valence electrons. The summed E-state index contributed by atoms with van der Waals surface area (Å²) >= 11 is 0.908. The Kier molecular flexibility index (Phi) is 7.19. The molecular weight excluding hydrogens is 346 g/mol. The summed E-state index contributed by atoms with van der Waals surface area (Å²) in [4.78, 5) is 48.5. The Morgan fingerprint density at radius 2 is 1.88 bits per heavy atom. The fourth-order valence-electron chi connectivity index (χ4n) is 3.08. The molecule has 2 amide bonds. The topological polar surface area (TPSA) is 97.7 Å². The fraction of sp³-hybridized carbons (Fsp3) is 0.765. The first kappa shape index (κ1) is 21.6. The molecule has 8 heteroatoms. The van der Waals surface area contributed by atoms with E-state index >= 15 is 0 Å². The zero-order valence-electron chi connectivity index (χ0n) is 15.5. The molecule has 25 heavy (non-hydrogen) atoms. The fourth-order valence-corrected chi connectivity index (χ4v) is 3.78. The van der Waals surface area contributed by atoms with Gasteiger partial charge < -0.3 is 9.84 Å². The number of hydrogen-bond acceptors (Lipinski definition) is 6. The van der Waals surface area contributed by atoms with Gasteiger partial charge in [-0.15, -0.1) is 0 Å². The molecule has 1 heterocycles. The predicted octanol–water partition coefficient (Wildman–Crippen LogP) is 2.82. The van der Waals surface area contributed by atoms with Crippen LogP contribution < -0.4 is 0 Å². The van der Waals surface area contributed by atoms with Gasteiger partial charge in [-0.2, -0.15) is 9.28 Å². The number of carbonyl (C=O) groups excluding carboxylic acids is 3. The van der Waals surface area contributed by atoms with Crippen LogP contribution in [0.25, 0.3) is 0 Å². The number of hydrogen-bond donors (Lipinski definition) is 1. The molecule has 0 aromatic rings. The van der Waals surface area contributed by atoms with Crippen LogP contribution in [0.1, 0.15) is 53.9 Å². The molecule has 3 atom stereocenters. The highest BCUT2D eigenvalue weighted by Gasteiger charge is 2.56. The minimum Gasteiger partial charge on any atom is -0.481 e. The largest absolute Gasteiger partial charge is 0.524 e. The predicted molar refractivity (Wildman–Crippen MR) is 93.9 cm³/mol. The maximum Gasteiger partial charge on any atom is 0.524 e. The summed E-state index contributed by atoms with van der Waals surface area (Å²) in [5.41, 5.74) is -0.749. The molecule has 2 unspecified atom stereocenters. The van der Waals surface area contributed by atoms with Gasteiger partial charge in [0, 0.05) is 25.5 Å². The van der Waals surface area contributed by atoms with Crippen molar-refractivity contribution in [3.8, 4) is 0 Å². The smallest absolute Gasteiger partial charge is 0.481 e. The average molecular weight is 374 g/mol. The number of imide groups is 1. The molecular formula is C17H28NO6S+. The van der Waals surface area contributed by atoms with Crippen LogP contribution in [0.4, 0.5) is 4.79 Å². The van der Waals surface area contributed by atoms with Crippen molar-refractivity contribution in [1.29, 1.82) is 0 Å². The molecule has 0 saturated carbocycles. The van der Waals surface area contributed by atoms with E-state index in [1.165, 1.54) is 6.92 Å². The van der Waals surface area contributed by atoms with Crippen molar-refractivity contribution in [2.75, 3.05) is 12.3 Å². The maximum absolute atomic E-state index is 13.2. The number of likely N-dealkylation sites (tertiary alicyclic amines) is 1. The van der Waals surface area contributed by atoms with Gasteiger partial charge in [0.25, 0.3) is 0 Å². The van der Waals surface area contributed by atoms with Crippen LogP contribution in [-0.2, 0) is 19.1 Å². The number of aliphatic carboxylic acids is 1. The van der Waals surface area contributed by atoms with E-state index in [0.29, 0.717) is 19.4 Å². The summed E-state index contributed by atoms with van der Waals surface area (Å²) < 4.78 is 5.00. The van der Waals surface area contributed by atoms with E-state index < -0.39 is 40.4 Å². The lowest BCUT2D eigenvalue weighted by Crippen LogP contribution is -2.62. The second-order valence-electron chi connectivity index (χ2n) is 7.50. The monoisotopic (exact) mass is 374 g/mol. The minimum absolute atomic E-state index is 0.0516. The van der Waals surface area contributed by atoms with Crippen molar-refractivity contribution in [3.63, 3.8) is 0 Å². The maximum atomic E-state index is 13.2. The van der Waals surface area contributed by atoms with Crippen molar-refractivity contribution in [1.82, 2.24) is 0 Å². The summed E-state index contributed by atoms with van der Waals surface area (Å²) in [6, 6.07) is -0.277. The Bertz CT molecular complexity index is 556. The third kappa shape index (κ3) is 5.54. The van der Waals surface area contributed by atoms with Gasteiger partial charge in [0.1, 0.15) is 11.6 Å². The normalized spacial score (nSPS) is 24.6. The first-order valence-corrected chi connectivity index (χ1v) is 9.39. The lowest BCUT2D eigenvalue weighted by atomic mass is 10.0. The summed E-state index contributed by atoms with van der Waals surface area (Å²) in [7, 11) is 0. The van der Waals surface area contributed by atoms with Crippen LogP contribution in [0.2, 0.25) is 0 Å². The molecule has 1 N–H and O–H groups in total. The second kappa shape index (κ2) is 8.31. The van der Waals surface area contributed by atoms with Gasteiger partial charge in [-0.3, -0.25) is 9.59 Å². The number of carboxylic acid groups (broad SMARTS) is 1. The van der Waals surface area contributed by atoms with Gasteiger partial charge in [0.15, 0.2) is 5.12 Å². The molecule has 0 aromatic heterocycles. The molecule has 0 radical (unpaired) electrons. The number of nitrogens with zero attached hydrogens (tertiary/aromatic N) is 1. The minimum atomic E-state index is -1.13. The highest BCUT2D eigenvalue weighted by atomic mass is 32.2. The Morgan fingerprint density at radius 1 is 1.28 bits per heavy atom. The first-order valence-electron chi connectivity index (χ1n) is 8.41. The molecule has 7 nitrogen and oxygen atoms in total. The van der Waals surface area contributed by atoms with Crippen molar-refractivity contribution < 1.29 is 33.5 Å². The number of ether oxygens (including phenoxy) is 1. The van der Waals surface area contributed by atoms with Crippen molar-refractivity contribution in [3.05, 3.63) is 0 Å². The van der Waals surface area contributed by atoms with E-state index in [-0.39, 0.29) is 16.9 Å².